The van der Waals surface area contributed by atoms with Gasteiger partial charge in [0.1, 0.15) is 6.29 Å². The smallest absolute Gasteiger partial charge is 0.307 e. The molecule has 0 radical (unpaired) electrons. The number of carbonyl (C=O) groups excluding carboxylic acids is 1. The predicted molar refractivity (Wildman–Crippen MR) is 62.5 cm³/mol. The molecule has 0 atom stereocenters. The fraction of sp³-hybridized carbons (Fsp3) is 0.167. The first-order chi connectivity index (χ1) is 7.63. The average Bonchev–Trinajstić information content (AvgIpc) is 2.22. The molecular formula is C12H11ClO3. The number of benzene rings is 1. The maximum Gasteiger partial charge on any atom is 0.307 e. The zero-order valence-electron chi connectivity index (χ0n) is 8.52. The van der Waals surface area contributed by atoms with E-state index < -0.39 is 5.97 Å². The summed E-state index contributed by atoms with van der Waals surface area (Å²) in [7, 11) is 0. The summed E-state index contributed by atoms with van der Waals surface area (Å²) in [5.41, 5.74) is 1.43. The summed E-state index contributed by atoms with van der Waals surface area (Å²) >= 11 is 5.92. The number of allylic oxidation sites excluding steroid dienone is 1. The van der Waals surface area contributed by atoms with E-state index in [4.69, 9.17) is 16.7 Å². The maximum absolute atomic E-state index is 10.5. The molecule has 1 aromatic rings. The number of hydrogen-bond acceptors (Lipinski definition) is 2. The molecule has 0 amide bonds. The lowest BCUT2D eigenvalue weighted by molar-refractivity contribution is -0.136. The Labute approximate surface area is 98.4 Å². The summed E-state index contributed by atoms with van der Waals surface area (Å²) in [6.07, 6.45) is 4.56. The second-order valence-corrected chi connectivity index (χ2v) is 3.63. The molecule has 0 aliphatic carbocycles. The summed E-state index contributed by atoms with van der Waals surface area (Å²) in [4.78, 5) is 20.6. The first-order valence-electron chi connectivity index (χ1n) is 4.74. The van der Waals surface area contributed by atoms with Crippen LogP contribution in [0.5, 0.6) is 0 Å². The number of hydrogen-bond donors (Lipinski definition) is 1. The Hall–Kier alpha value is -1.61. The number of aldehydes is 1. The van der Waals surface area contributed by atoms with Crippen LogP contribution in [0.25, 0.3) is 6.08 Å². The van der Waals surface area contributed by atoms with Crippen LogP contribution in [0.2, 0.25) is 5.02 Å². The van der Waals surface area contributed by atoms with Gasteiger partial charge < -0.3 is 9.90 Å². The molecule has 0 saturated carbocycles. The topological polar surface area (TPSA) is 54.4 Å². The van der Waals surface area contributed by atoms with Crippen LogP contribution in [0.4, 0.5) is 0 Å². The van der Waals surface area contributed by atoms with Crippen molar-refractivity contribution in [2.24, 2.45) is 0 Å². The standard InChI is InChI=1S/C12H11ClO3/c13-11-7-9(3-1-2-6-14)4-5-10(11)8-12(15)16/h1,3-7H,2,8H2,(H,15,16). The highest BCUT2D eigenvalue weighted by Crippen LogP contribution is 2.19. The lowest BCUT2D eigenvalue weighted by Crippen LogP contribution is -2.00. The molecule has 1 aromatic carbocycles. The van der Waals surface area contributed by atoms with E-state index in [2.05, 4.69) is 0 Å². The van der Waals surface area contributed by atoms with E-state index in [1.54, 1.807) is 30.4 Å². The van der Waals surface area contributed by atoms with Gasteiger partial charge in [-0.2, -0.15) is 0 Å². The molecule has 16 heavy (non-hydrogen) atoms. The van der Waals surface area contributed by atoms with Crippen molar-refractivity contribution in [1.29, 1.82) is 0 Å². The van der Waals surface area contributed by atoms with Crippen LogP contribution in [0.3, 0.4) is 0 Å². The molecule has 0 spiro atoms. The SMILES string of the molecule is O=CCC=Cc1ccc(CC(=O)O)c(Cl)c1. The molecule has 0 aromatic heterocycles. The highest BCUT2D eigenvalue weighted by Gasteiger charge is 2.05. The highest BCUT2D eigenvalue weighted by atomic mass is 35.5. The normalized spacial score (nSPS) is 10.6. The zero-order valence-corrected chi connectivity index (χ0v) is 9.28. The first kappa shape index (κ1) is 12.5. The van der Waals surface area contributed by atoms with E-state index in [-0.39, 0.29) is 6.42 Å². The number of carboxylic acid groups (broad SMARTS) is 1. The molecule has 4 heteroatoms. The molecule has 3 nitrogen and oxygen atoms in total. The second-order valence-electron chi connectivity index (χ2n) is 3.23. The van der Waals surface area contributed by atoms with Crippen molar-refractivity contribution in [3.63, 3.8) is 0 Å². The van der Waals surface area contributed by atoms with Crippen LogP contribution in [0.15, 0.2) is 24.3 Å². The fourth-order valence-corrected chi connectivity index (χ4v) is 1.49. The Morgan fingerprint density at radius 3 is 2.75 bits per heavy atom. The Kier molecular flexibility index (Phi) is 4.73. The molecule has 0 aliphatic heterocycles. The molecule has 0 heterocycles. The van der Waals surface area contributed by atoms with Crippen molar-refractivity contribution in [1.82, 2.24) is 0 Å². The van der Waals surface area contributed by atoms with Crippen molar-refractivity contribution < 1.29 is 14.7 Å². The zero-order chi connectivity index (χ0) is 12.0. The van der Waals surface area contributed by atoms with Crippen LogP contribution < -0.4 is 0 Å². The van der Waals surface area contributed by atoms with Crippen LogP contribution in [-0.4, -0.2) is 17.4 Å². The number of aliphatic carboxylic acids is 1. The van der Waals surface area contributed by atoms with Crippen LogP contribution in [-0.2, 0) is 16.0 Å². The quantitative estimate of drug-likeness (QED) is 0.802. The largest absolute Gasteiger partial charge is 0.481 e. The minimum atomic E-state index is -0.911. The lowest BCUT2D eigenvalue weighted by Gasteiger charge is -2.02. The van der Waals surface area contributed by atoms with E-state index in [9.17, 15) is 9.59 Å². The minimum absolute atomic E-state index is 0.0861. The van der Waals surface area contributed by atoms with Crippen LogP contribution in [0, 0.1) is 0 Å². The molecular weight excluding hydrogens is 228 g/mol. The number of rotatable bonds is 5. The Bertz CT molecular complexity index is 424. The van der Waals surface area contributed by atoms with Crippen molar-refractivity contribution in [2.75, 3.05) is 0 Å². The minimum Gasteiger partial charge on any atom is -0.481 e. The number of carboxylic acids is 1. The van der Waals surface area contributed by atoms with Crippen molar-refractivity contribution in [3.8, 4) is 0 Å². The molecule has 0 saturated heterocycles. The van der Waals surface area contributed by atoms with Gasteiger partial charge in [0, 0.05) is 11.4 Å². The van der Waals surface area contributed by atoms with Gasteiger partial charge in [0.2, 0.25) is 0 Å². The third kappa shape index (κ3) is 3.87. The molecule has 0 unspecified atom stereocenters. The molecule has 1 rings (SSSR count). The molecule has 0 bridgehead atoms. The predicted octanol–water partition coefficient (Wildman–Crippen LogP) is 2.57. The summed E-state index contributed by atoms with van der Waals surface area (Å²) in [6, 6.07) is 5.13. The van der Waals surface area contributed by atoms with Gasteiger partial charge in [-0.05, 0) is 17.2 Å². The second kappa shape index (κ2) is 6.08. The van der Waals surface area contributed by atoms with Gasteiger partial charge in [-0.15, -0.1) is 0 Å². The van der Waals surface area contributed by atoms with Gasteiger partial charge >= 0.3 is 5.97 Å². The van der Waals surface area contributed by atoms with E-state index in [0.717, 1.165) is 11.8 Å². The lowest BCUT2D eigenvalue weighted by atomic mass is 10.1. The van der Waals surface area contributed by atoms with Crippen molar-refractivity contribution >= 4 is 29.9 Å². The van der Waals surface area contributed by atoms with Gasteiger partial charge in [-0.3, -0.25) is 4.79 Å². The number of halogens is 1. The van der Waals surface area contributed by atoms with Crippen LogP contribution >= 0.6 is 11.6 Å². The molecule has 0 aliphatic rings. The van der Waals surface area contributed by atoms with E-state index in [1.807, 2.05) is 0 Å². The third-order valence-corrected chi connectivity index (χ3v) is 2.31. The maximum atomic E-state index is 10.5. The summed E-state index contributed by atoms with van der Waals surface area (Å²) in [5.74, 6) is -0.911. The Morgan fingerprint density at radius 1 is 1.44 bits per heavy atom. The van der Waals surface area contributed by atoms with Gasteiger partial charge in [0.05, 0.1) is 6.42 Å². The van der Waals surface area contributed by atoms with Crippen LogP contribution in [0.1, 0.15) is 17.5 Å². The van der Waals surface area contributed by atoms with Gasteiger partial charge in [-0.25, -0.2) is 0 Å². The average molecular weight is 239 g/mol. The third-order valence-electron chi connectivity index (χ3n) is 1.96. The number of carbonyl (C=O) groups is 2. The summed E-state index contributed by atoms with van der Waals surface area (Å²) in [5, 5.41) is 9.05. The molecule has 84 valence electrons. The van der Waals surface area contributed by atoms with E-state index in [1.165, 1.54) is 0 Å². The monoisotopic (exact) mass is 238 g/mol. The molecule has 0 fully saturated rings. The van der Waals surface area contributed by atoms with Gasteiger partial charge in [0.15, 0.2) is 0 Å². The van der Waals surface area contributed by atoms with Gasteiger partial charge in [-0.1, -0.05) is 35.9 Å². The van der Waals surface area contributed by atoms with E-state index in [0.29, 0.717) is 17.0 Å². The molecule has 1 N–H and O–H groups in total. The van der Waals surface area contributed by atoms with Crippen molar-refractivity contribution in [3.05, 3.63) is 40.4 Å². The van der Waals surface area contributed by atoms with E-state index >= 15 is 0 Å². The summed E-state index contributed by atoms with van der Waals surface area (Å²) < 4.78 is 0. The highest BCUT2D eigenvalue weighted by molar-refractivity contribution is 6.31. The van der Waals surface area contributed by atoms with Gasteiger partial charge in [0.25, 0.3) is 0 Å². The summed E-state index contributed by atoms with van der Waals surface area (Å²) in [6.45, 7) is 0. The Balaban J connectivity index is 2.82. The Morgan fingerprint density at radius 2 is 2.19 bits per heavy atom. The van der Waals surface area contributed by atoms with Crippen molar-refractivity contribution in [2.45, 2.75) is 12.8 Å². The fourth-order valence-electron chi connectivity index (χ4n) is 1.23. The first-order valence-corrected chi connectivity index (χ1v) is 5.11.